The second-order valence-corrected chi connectivity index (χ2v) is 7.87. The van der Waals surface area contributed by atoms with Crippen LogP contribution in [0.2, 0.25) is 10.0 Å². The van der Waals surface area contributed by atoms with Crippen molar-refractivity contribution < 1.29 is 19.0 Å². The van der Waals surface area contributed by atoms with Crippen LogP contribution >= 0.6 is 23.2 Å². The van der Waals surface area contributed by atoms with E-state index >= 15 is 0 Å². The number of halogens is 2. The van der Waals surface area contributed by atoms with E-state index in [-0.39, 0.29) is 5.91 Å². The topological polar surface area (TPSA) is 69.2 Å². The maximum Gasteiger partial charge on any atom is 0.271 e. The monoisotopic (exact) mass is 486 g/mol. The Morgan fingerprint density at radius 3 is 2.55 bits per heavy atom. The zero-order chi connectivity index (χ0) is 23.6. The third kappa shape index (κ3) is 7.14. The lowest BCUT2D eigenvalue weighted by Crippen LogP contribution is -2.17. The van der Waals surface area contributed by atoms with Gasteiger partial charge in [-0.1, -0.05) is 42.3 Å². The fourth-order valence-corrected chi connectivity index (χ4v) is 3.33. The first-order valence-electron chi connectivity index (χ1n) is 10.3. The van der Waals surface area contributed by atoms with Crippen LogP contribution < -0.4 is 19.6 Å². The summed E-state index contributed by atoms with van der Waals surface area (Å²) in [4.78, 5) is 12.4. The number of hydrazone groups is 1. The summed E-state index contributed by atoms with van der Waals surface area (Å²) in [5, 5.41) is 5.09. The molecular formula is C25H24Cl2N2O4. The SMILES string of the molecule is CCCOc1ccc(C(=O)N/N=C/c2ccc(OCc3cccc(Cl)c3)c(Cl)c2)cc1OC. The largest absolute Gasteiger partial charge is 0.493 e. The van der Waals surface area contributed by atoms with E-state index < -0.39 is 0 Å². The van der Waals surface area contributed by atoms with Crippen LogP contribution in [0.4, 0.5) is 0 Å². The molecule has 3 aromatic rings. The molecule has 0 heterocycles. The van der Waals surface area contributed by atoms with Gasteiger partial charge in [-0.3, -0.25) is 4.79 Å². The molecule has 0 bridgehead atoms. The predicted molar refractivity (Wildman–Crippen MR) is 131 cm³/mol. The minimum atomic E-state index is -0.376. The van der Waals surface area contributed by atoms with E-state index in [1.807, 2.05) is 25.1 Å². The maximum atomic E-state index is 12.4. The maximum absolute atomic E-state index is 12.4. The number of benzene rings is 3. The molecule has 0 aliphatic rings. The fourth-order valence-electron chi connectivity index (χ4n) is 2.87. The van der Waals surface area contributed by atoms with Gasteiger partial charge in [-0.2, -0.15) is 5.10 Å². The van der Waals surface area contributed by atoms with Crippen LogP contribution in [-0.4, -0.2) is 25.8 Å². The van der Waals surface area contributed by atoms with Crippen LogP contribution in [0.3, 0.4) is 0 Å². The van der Waals surface area contributed by atoms with E-state index in [2.05, 4.69) is 10.5 Å². The molecule has 172 valence electrons. The van der Waals surface area contributed by atoms with E-state index in [1.54, 1.807) is 42.5 Å². The summed E-state index contributed by atoms with van der Waals surface area (Å²) in [5.74, 6) is 1.24. The number of carbonyl (C=O) groups is 1. The van der Waals surface area contributed by atoms with Crippen LogP contribution in [0, 0.1) is 0 Å². The van der Waals surface area contributed by atoms with Crippen molar-refractivity contribution in [2.75, 3.05) is 13.7 Å². The lowest BCUT2D eigenvalue weighted by atomic mass is 10.2. The smallest absolute Gasteiger partial charge is 0.271 e. The molecule has 0 atom stereocenters. The van der Waals surface area contributed by atoms with E-state index in [4.69, 9.17) is 37.4 Å². The summed E-state index contributed by atoms with van der Waals surface area (Å²) >= 11 is 12.3. The molecule has 0 aliphatic heterocycles. The first-order valence-corrected chi connectivity index (χ1v) is 11.1. The van der Waals surface area contributed by atoms with Gasteiger partial charge in [-0.05, 0) is 66.1 Å². The van der Waals surface area contributed by atoms with Crippen molar-refractivity contribution in [1.82, 2.24) is 5.43 Å². The zero-order valence-electron chi connectivity index (χ0n) is 18.3. The normalized spacial score (nSPS) is 10.8. The van der Waals surface area contributed by atoms with Gasteiger partial charge in [0.15, 0.2) is 11.5 Å². The van der Waals surface area contributed by atoms with Gasteiger partial charge in [0.2, 0.25) is 0 Å². The predicted octanol–water partition coefficient (Wildman–Crippen LogP) is 6.13. The van der Waals surface area contributed by atoms with Gasteiger partial charge in [0, 0.05) is 10.6 Å². The Bertz CT molecular complexity index is 1140. The summed E-state index contributed by atoms with van der Waals surface area (Å²) in [7, 11) is 1.53. The highest BCUT2D eigenvalue weighted by Gasteiger charge is 2.11. The first kappa shape index (κ1) is 24.4. The van der Waals surface area contributed by atoms with Gasteiger partial charge < -0.3 is 14.2 Å². The quantitative estimate of drug-likeness (QED) is 0.276. The Balaban J connectivity index is 1.58. The molecule has 1 N–H and O–H groups in total. The molecule has 8 heteroatoms. The van der Waals surface area contributed by atoms with Gasteiger partial charge in [0.05, 0.1) is 25.0 Å². The van der Waals surface area contributed by atoms with Crippen LogP contribution in [0.1, 0.15) is 34.8 Å². The van der Waals surface area contributed by atoms with Gasteiger partial charge in [0.1, 0.15) is 12.4 Å². The van der Waals surface area contributed by atoms with Crippen molar-refractivity contribution in [1.29, 1.82) is 0 Å². The Morgan fingerprint density at radius 1 is 1.00 bits per heavy atom. The molecular weight excluding hydrogens is 463 g/mol. The highest BCUT2D eigenvalue weighted by atomic mass is 35.5. The Labute approximate surface area is 203 Å². The minimum Gasteiger partial charge on any atom is -0.493 e. The number of hydrogen-bond acceptors (Lipinski definition) is 5. The van der Waals surface area contributed by atoms with Gasteiger partial charge in [-0.25, -0.2) is 5.43 Å². The van der Waals surface area contributed by atoms with Gasteiger partial charge >= 0.3 is 0 Å². The van der Waals surface area contributed by atoms with Crippen molar-refractivity contribution in [3.8, 4) is 17.2 Å². The molecule has 0 aromatic heterocycles. The summed E-state index contributed by atoms with van der Waals surface area (Å²) in [6.45, 7) is 2.93. The summed E-state index contributed by atoms with van der Waals surface area (Å²) in [5.41, 5.74) is 4.54. The average Bonchev–Trinajstić information content (AvgIpc) is 2.82. The van der Waals surface area contributed by atoms with E-state index in [0.29, 0.717) is 51.6 Å². The van der Waals surface area contributed by atoms with E-state index in [1.165, 1.54) is 13.3 Å². The molecule has 6 nitrogen and oxygen atoms in total. The number of nitrogens with zero attached hydrogens (tertiary/aromatic N) is 1. The van der Waals surface area contributed by atoms with Crippen LogP contribution in [-0.2, 0) is 6.61 Å². The molecule has 1 amide bonds. The summed E-state index contributed by atoms with van der Waals surface area (Å²) in [6.07, 6.45) is 2.37. The molecule has 0 saturated heterocycles. The number of ether oxygens (including phenoxy) is 3. The van der Waals surface area contributed by atoms with Crippen LogP contribution in [0.5, 0.6) is 17.2 Å². The molecule has 33 heavy (non-hydrogen) atoms. The number of rotatable bonds is 10. The highest BCUT2D eigenvalue weighted by Crippen LogP contribution is 2.28. The summed E-state index contributed by atoms with van der Waals surface area (Å²) in [6, 6.07) is 17.6. The van der Waals surface area contributed by atoms with E-state index in [0.717, 1.165) is 12.0 Å². The zero-order valence-corrected chi connectivity index (χ0v) is 19.8. The lowest BCUT2D eigenvalue weighted by Gasteiger charge is -2.11. The van der Waals surface area contributed by atoms with Crippen molar-refractivity contribution >= 4 is 35.3 Å². The molecule has 0 unspecified atom stereocenters. The Kier molecular flexibility index (Phi) is 8.98. The molecule has 0 spiro atoms. The number of methoxy groups -OCH3 is 1. The summed E-state index contributed by atoms with van der Waals surface area (Å²) < 4.78 is 16.7. The second kappa shape index (κ2) is 12.1. The molecule has 0 saturated carbocycles. The number of amides is 1. The Morgan fingerprint density at radius 2 is 1.82 bits per heavy atom. The number of hydrogen-bond donors (Lipinski definition) is 1. The average molecular weight is 487 g/mol. The van der Waals surface area contributed by atoms with Gasteiger partial charge in [0.25, 0.3) is 5.91 Å². The number of nitrogens with one attached hydrogen (secondary N) is 1. The first-order chi connectivity index (χ1) is 16.0. The van der Waals surface area contributed by atoms with Crippen LogP contribution in [0.25, 0.3) is 0 Å². The molecule has 0 aliphatic carbocycles. The van der Waals surface area contributed by atoms with Crippen molar-refractivity contribution in [3.63, 3.8) is 0 Å². The molecule has 0 radical (unpaired) electrons. The van der Waals surface area contributed by atoms with E-state index in [9.17, 15) is 4.79 Å². The fraction of sp³-hybridized carbons (Fsp3) is 0.200. The third-order valence-corrected chi connectivity index (χ3v) is 5.04. The van der Waals surface area contributed by atoms with Gasteiger partial charge in [-0.15, -0.1) is 0 Å². The van der Waals surface area contributed by atoms with Crippen molar-refractivity contribution in [3.05, 3.63) is 87.4 Å². The standard InChI is InChI=1S/C25H24Cl2N2O4/c1-3-11-32-23-10-8-19(14-24(23)31-2)25(30)29-28-15-17-7-9-22(21(27)13-17)33-16-18-5-4-6-20(26)12-18/h4-10,12-15H,3,11,16H2,1-2H3,(H,29,30)/b28-15+. The minimum absolute atomic E-state index is 0.343. The van der Waals surface area contributed by atoms with Crippen LogP contribution in [0.15, 0.2) is 65.8 Å². The molecule has 3 rings (SSSR count). The Hall–Kier alpha value is -3.22. The highest BCUT2D eigenvalue weighted by molar-refractivity contribution is 6.32. The molecule has 0 fully saturated rings. The second-order valence-electron chi connectivity index (χ2n) is 7.02. The lowest BCUT2D eigenvalue weighted by molar-refractivity contribution is 0.0954. The van der Waals surface area contributed by atoms with Crippen molar-refractivity contribution in [2.24, 2.45) is 5.10 Å². The number of carbonyl (C=O) groups excluding carboxylic acids is 1. The van der Waals surface area contributed by atoms with Crippen molar-refractivity contribution in [2.45, 2.75) is 20.0 Å². The molecule has 3 aromatic carbocycles. The third-order valence-electron chi connectivity index (χ3n) is 4.51.